The van der Waals surface area contributed by atoms with Gasteiger partial charge >= 0.3 is 0 Å². The summed E-state index contributed by atoms with van der Waals surface area (Å²) < 4.78 is 15.8. The van der Waals surface area contributed by atoms with Gasteiger partial charge in [0, 0.05) is 50.9 Å². The predicted molar refractivity (Wildman–Crippen MR) is 71.0 cm³/mol. The van der Waals surface area contributed by atoms with Crippen molar-refractivity contribution in [1.29, 1.82) is 0 Å². The Labute approximate surface area is 106 Å². The first-order valence-electron chi connectivity index (χ1n) is 6.41. The number of nitrogens with zero attached hydrogens (tertiary/aromatic N) is 2. The van der Waals surface area contributed by atoms with E-state index in [0.717, 1.165) is 38.1 Å². The SMILES string of the molecule is Cn1c(CN2CCNCC2)cc2cccc(F)c21. The lowest BCUT2D eigenvalue weighted by Crippen LogP contribution is -2.43. The van der Waals surface area contributed by atoms with E-state index in [1.807, 2.05) is 17.7 Å². The zero-order chi connectivity index (χ0) is 12.5. The number of fused-ring (bicyclic) bond motifs is 1. The van der Waals surface area contributed by atoms with Crippen molar-refractivity contribution in [3.05, 3.63) is 35.8 Å². The van der Waals surface area contributed by atoms with Crippen LogP contribution in [0.1, 0.15) is 5.69 Å². The zero-order valence-corrected chi connectivity index (χ0v) is 10.6. The van der Waals surface area contributed by atoms with E-state index in [-0.39, 0.29) is 5.82 Å². The van der Waals surface area contributed by atoms with Crippen LogP contribution in [0.25, 0.3) is 10.9 Å². The van der Waals surface area contributed by atoms with Crippen LogP contribution in [0, 0.1) is 5.82 Å². The molecule has 1 N–H and O–H groups in total. The number of para-hydroxylation sites is 1. The van der Waals surface area contributed by atoms with E-state index in [1.54, 1.807) is 6.07 Å². The van der Waals surface area contributed by atoms with Crippen LogP contribution in [0.3, 0.4) is 0 Å². The highest BCUT2D eigenvalue weighted by molar-refractivity contribution is 5.81. The zero-order valence-electron chi connectivity index (χ0n) is 10.6. The summed E-state index contributed by atoms with van der Waals surface area (Å²) in [6.07, 6.45) is 0. The van der Waals surface area contributed by atoms with Crippen molar-refractivity contribution in [3.8, 4) is 0 Å². The fourth-order valence-electron chi connectivity index (χ4n) is 2.67. The van der Waals surface area contributed by atoms with Gasteiger partial charge in [-0.05, 0) is 12.1 Å². The molecule has 0 bridgehead atoms. The Bertz CT molecular complexity index is 555. The number of aryl methyl sites for hydroxylation is 1. The fraction of sp³-hybridized carbons (Fsp3) is 0.429. The Morgan fingerprint density at radius 2 is 2.06 bits per heavy atom. The molecule has 1 saturated heterocycles. The van der Waals surface area contributed by atoms with E-state index in [2.05, 4.69) is 16.3 Å². The molecule has 0 unspecified atom stereocenters. The van der Waals surface area contributed by atoms with Crippen molar-refractivity contribution >= 4 is 10.9 Å². The smallest absolute Gasteiger partial charge is 0.147 e. The Morgan fingerprint density at radius 3 is 2.78 bits per heavy atom. The molecule has 1 aromatic heterocycles. The molecule has 2 heterocycles. The summed E-state index contributed by atoms with van der Waals surface area (Å²) >= 11 is 0. The van der Waals surface area contributed by atoms with E-state index in [0.29, 0.717) is 5.52 Å². The standard InChI is InChI=1S/C14H18FN3/c1-17-12(10-18-7-5-16-6-8-18)9-11-3-2-4-13(15)14(11)17/h2-4,9,16H,5-8,10H2,1H3. The van der Waals surface area contributed by atoms with Gasteiger partial charge in [-0.25, -0.2) is 4.39 Å². The van der Waals surface area contributed by atoms with Crippen molar-refractivity contribution in [2.45, 2.75) is 6.54 Å². The molecule has 0 spiro atoms. The van der Waals surface area contributed by atoms with E-state index in [9.17, 15) is 4.39 Å². The van der Waals surface area contributed by atoms with Crippen LogP contribution in [-0.2, 0) is 13.6 Å². The van der Waals surface area contributed by atoms with Crippen LogP contribution in [0.5, 0.6) is 0 Å². The molecule has 0 aliphatic carbocycles. The number of halogens is 1. The normalized spacial score (nSPS) is 17.4. The molecular weight excluding hydrogens is 229 g/mol. The minimum atomic E-state index is -0.137. The number of hydrogen-bond donors (Lipinski definition) is 1. The molecule has 4 heteroatoms. The predicted octanol–water partition coefficient (Wildman–Crippen LogP) is 1.72. The molecular formula is C14H18FN3. The maximum Gasteiger partial charge on any atom is 0.147 e. The van der Waals surface area contributed by atoms with E-state index >= 15 is 0 Å². The van der Waals surface area contributed by atoms with Crippen molar-refractivity contribution in [2.24, 2.45) is 7.05 Å². The highest BCUT2D eigenvalue weighted by atomic mass is 19.1. The molecule has 18 heavy (non-hydrogen) atoms. The summed E-state index contributed by atoms with van der Waals surface area (Å²) in [7, 11) is 1.95. The van der Waals surface area contributed by atoms with Gasteiger partial charge in [-0.15, -0.1) is 0 Å². The quantitative estimate of drug-likeness (QED) is 0.872. The summed E-state index contributed by atoms with van der Waals surface area (Å²) in [6, 6.07) is 7.36. The molecule has 1 aliphatic heterocycles. The third-order valence-electron chi connectivity index (χ3n) is 3.70. The van der Waals surface area contributed by atoms with Crippen molar-refractivity contribution < 1.29 is 4.39 Å². The highest BCUT2D eigenvalue weighted by Crippen LogP contribution is 2.22. The first-order chi connectivity index (χ1) is 8.75. The number of nitrogens with one attached hydrogen (secondary N) is 1. The first kappa shape index (κ1) is 11.7. The summed E-state index contributed by atoms with van der Waals surface area (Å²) in [6.45, 7) is 5.09. The van der Waals surface area contributed by atoms with Gasteiger partial charge in [0.05, 0.1) is 5.52 Å². The van der Waals surface area contributed by atoms with Crippen molar-refractivity contribution in [1.82, 2.24) is 14.8 Å². The molecule has 0 amide bonds. The number of benzene rings is 1. The minimum Gasteiger partial charge on any atom is -0.344 e. The topological polar surface area (TPSA) is 20.2 Å². The second-order valence-corrected chi connectivity index (χ2v) is 4.90. The lowest BCUT2D eigenvalue weighted by molar-refractivity contribution is 0.229. The summed E-state index contributed by atoms with van der Waals surface area (Å²) in [5.41, 5.74) is 1.89. The van der Waals surface area contributed by atoms with Crippen LogP contribution < -0.4 is 5.32 Å². The summed E-state index contributed by atoms with van der Waals surface area (Å²) in [4.78, 5) is 2.41. The van der Waals surface area contributed by atoms with Crippen LogP contribution in [0.4, 0.5) is 4.39 Å². The number of piperazine rings is 1. The van der Waals surface area contributed by atoms with Crippen molar-refractivity contribution in [3.63, 3.8) is 0 Å². The van der Waals surface area contributed by atoms with Gasteiger partial charge in [0.1, 0.15) is 5.82 Å². The van der Waals surface area contributed by atoms with Crippen LogP contribution in [0.15, 0.2) is 24.3 Å². The molecule has 2 aromatic rings. The van der Waals surface area contributed by atoms with Gasteiger partial charge in [0.2, 0.25) is 0 Å². The average molecular weight is 247 g/mol. The molecule has 0 saturated carbocycles. The third kappa shape index (κ3) is 2.02. The molecule has 1 fully saturated rings. The van der Waals surface area contributed by atoms with Crippen LogP contribution in [0.2, 0.25) is 0 Å². The Hall–Kier alpha value is -1.39. The van der Waals surface area contributed by atoms with Gasteiger partial charge < -0.3 is 9.88 Å². The molecule has 1 aromatic carbocycles. The van der Waals surface area contributed by atoms with Gasteiger partial charge in [0.15, 0.2) is 0 Å². The second kappa shape index (κ2) is 4.71. The fourth-order valence-corrected chi connectivity index (χ4v) is 2.67. The summed E-state index contributed by atoms with van der Waals surface area (Å²) in [5.74, 6) is -0.137. The number of aromatic nitrogens is 1. The maximum atomic E-state index is 13.8. The van der Waals surface area contributed by atoms with E-state index in [4.69, 9.17) is 0 Å². The molecule has 3 nitrogen and oxygen atoms in total. The first-order valence-corrected chi connectivity index (χ1v) is 6.41. The largest absolute Gasteiger partial charge is 0.344 e. The highest BCUT2D eigenvalue weighted by Gasteiger charge is 2.14. The number of rotatable bonds is 2. The van der Waals surface area contributed by atoms with Crippen molar-refractivity contribution in [2.75, 3.05) is 26.2 Å². The summed E-state index contributed by atoms with van der Waals surface area (Å²) in [5, 5.41) is 4.33. The monoisotopic (exact) mass is 247 g/mol. The second-order valence-electron chi connectivity index (χ2n) is 4.90. The van der Waals surface area contributed by atoms with Gasteiger partial charge in [-0.3, -0.25) is 4.90 Å². The van der Waals surface area contributed by atoms with Crippen LogP contribution in [-0.4, -0.2) is 35.6 Å². The molecule has 1 aliphatic rings. The van der Waals surface area contributed by atoms with E-state index < -0.39 is 0 Å². The molecule has 0 radical (unpaired) electrons. The van der Waals surface area contributed by atoms with Gasteiger partial charge in [-0.2, -0.15) is 0 Å². The average Bonchev–Trinajstić information content (AvgIpc) is 2.69. The van der Waals surface area contributed by atoms with E-state index in [1.165, 1.54) is 11.8 Å². The molecule has 96 valence electrons. The molecule has 0 atom stereocenters. The van der Waals surface area contributed by atoms with Gasteiger partial charge in [0.25, 0.3) is 0 Å². The Kier molecular flexibility index (Phi) is 3.06. The minimum absolute atomic E-state index is 0.137. The number of hydrogen-bond acceptors (Lipinski definition) is 2. The maximum absolute atomic E-state index is 13.8. The lowest BCUT2D eigenvalue weighted by Gasteiger charge is -2.27. The molecule has 3 rings (SSSR count). The lowest BCUT2D eigenvalue weighted by atomic mass is 10.2. The Balaban J connectivity index is 1.92. The van der Waals surface area contributed by atoms with Crippen LogP contribution >= 0.6 is 0 Å². The Morgan fingerprint density at radius 1 is 1.28 bits per heavy atom. The van der Waals surface area contributed by atoms with Gasteiger partial charge in [-0.1, -0.05) is 12.1 Å². The third-order valence-corrected chi connectivity index (χ3v) is 3.70.